The zero-order chi connectivity index (χ0) is 23.1. The molecule has 1 atom stereocenters. The fourth-order valence-corrected chi connectivity index (χ4v) is 4.56. The van der Waals surface area contributed by atoms with Crippen molar-refractivity contribution >= 4 is 35.9 Å². The van der Waals surface area contributed by atoms with Gasteiger partial charge in [0.05, 0.1) is 17.2 Å². The Kier molecular flexibility index (Phi) is 7.86. The summed E-state index contributed by atoms with van der Waals surface area (Å²) in [7, 11) is -3.55. The van der Waals surface area contributed by atoms with Gasteiger partial charge < -0.3 is 10.2 Å². The van der Waals surface area contributed by atoms with Gasteiger partial charge >= 0.3 is 0 Å². The second kappa shape index (κ2) is 10.8. The first-order valence-electron chi connectivity index (χ1n) is 9.35. The average molecular weight is 477 g/mol. The summed E-state index contributed by atoms with van der Waals surface area (Å²) in [5.74, 6) is -0.484. The largest absolute Gasteiger partial charge is 0.365 e. The molecule has 1 unspecified atom stereocenters. The number of anilines is 1. The summed E-state index contributed by atoms with van der Waals surface area (Å²) in [6.45, 7) is 1.00. The molecule has 3 rings (SSSR count). The number of benzene rings is 2. The lowest BCUT2D eigenvalue weighted by atomic mass is 10.1. The van der Waals surface area contributed by atoms with E-state index in [9.17, 15) is 22.0 Å². The number of nitrogens with zero attached hydrogens (tertiary/aromatic N) is 3. The van der Waals surface area contributed by atoms with Crippen LogP contribution in [0.15, 0.2) is 64.6 Å². The topological polar surface area (TPSA) is 103 Å². The molecule has 2 aromatic rings. The lowest BCUT2D eigenvalue weighted by molar-refractivity contribution is -0.117. The van der Waals surface area contributed by atoms with Crippen LogP contribution >= 0.6 is 0 Å². The molecule has 0 fully saturated rings. The smallest absolute Gasteiger partial charge is 0.270 e. The van der Waals surface area contributed by atoms with Gasteiger partial charge in [-0.3, -0.25) is 4.79 Å². The molecule has 1 amide bonds. The number of carbonyl (C=O) groups excluding carboxylic acids is 1. The summed E-state index contributed by atoms with van der Waals surface area (Å²) in [6.07, 6.45) is -2.54. The maximum atomic E-state index is 12.8. The van der Waals surface area contributed by atoms with E-state index in [2.05, 4.69) is 16.4 Å². The summed E-state index contributed by atoms with van der Waals surface area (Å²) >= 11 is 0. The van der Waals surface area contributed by atoms with Crippen molar-refractivity contribution in [2.24, 2.45) is 4.99 Å². The predicted molar refractivity (Wildman–Crippen MR) is 119 cm³/mol. The molecule has 0 saturated heterocycles. The minimum absolute atomic E-state index is 0.0463. The highest BCUT2D eigenvalue weighted by Gasteiger charge is 2.15. The zero-order valence-electron chi connectivity index (χ0n) is 16.6. The van der Waals surface area contributed by atoms with Crippen molar-refractivity contribution in [3.8, 4) is 6.07 Å². The standard InChI is InChI=1S/C21H18F2N4O3S2/c22-20(23)17-5-1-16(2-6-17)12-27(18-7-3-15(11-24)4-8-18)10-9-25-21(28)19-13-31(14-26-19)32(29)30/h1-8,13-14,20H,9-10,12H2,(H,25,28). The average Bonchev–Trinajstić information content (AvgIpc) is 3.30. The fourth-order valence-electron chi connectivity index (χ4n) is 2.90. The van der Waals surface area contributed by atoms with E-state index in [1.54, 1.807) is 36.4 Å². The van der Waals surface area contributed by atoms with Crippen LogP contribution in [0.4, 0.5) is 14.5 Å². The molecular weight excluding hydrogens is 458 g/mol. The third kappa shape index (κ3) is 6.09. The van der Waals surface area contributed by atoms with Crippen LogP contribution in [0.5, 0.6) is 0 Å². The van der Waals surface area contributed by atoms with Crippen molar-refractivity contribution < 1.29 is 22.0 Å². The minimum atomic E-state index is -2.54. The maximum absolute atomic E-state index is 12.8. The Hall–Kier alpha value is -3.36. The number of nitrogens with one attached hydrogen (secondary N) is 1. The van der Waals surface area contributed by atoms with Crippen molar-refractivity contribution in [2.45, 2.75) is 13.0 Å². The number of aliphatic imine (C=N–C) groups is 1. The number of amides is 1. The van der Waals surface area contributed by atoms with Crippen LogP contribution in [0.25, 0.3) is 0 Å². The maximum Gasteiger partial charge on any atom is 0.270 e. The van der Waals surface area contributed by atoms with E-state index in [1.165, 1.54) is 23.1 Å². The van der Waals surface area contributed by atoms with E-state index in [1.807, 2.05) is 4.90 Å². The van der Waals surface area contributed by atoms with Gasteiger partial charge in [0.15, 0.2) is 0 Å². The minimum Gasteiger partial charge on any atom is -0.365 e. The Balaban J connectivity index is 1.70. The second-order valence-corrected chi connectivity index (χ2v) is 10.1. The third-order valence-electron chi connectivity index (χ3n) is 4.55. The first-order valence-corrected chi connectivity index (χ1v) is 12.3. The van der Waals surface area contributed by atoms with E-state index in [0.717, 1.165) is 11.3 Å². The van der Waals surface area contributed by atoms with Gasteiger partial charge in [0.25, 0.3) is 12.3 Å². The molecule has 7 nitrogen and oxygen atoms in total. The monoisotopic (exact) mass is 476 g/mol. The molecule has 0 aromatic heterocycles. The van der Waals surface area contributed by atoms with Gasteiger partial charge in [-0.05, 0) is 29.8 Å². The predicted octanol–water partition coefficient (Wildman–Crippen LogP) is 2.91. The van der Waals surface area contributed by atoms with Crippen molar-refractivity contribution in [3.05, 3.63) is 76.3 Å². The zero-order valence-corrected chi connectivity index (χ0v) is 18.2. The van der Waals surface area contributed by atoms with Crippen LogP contribution < -0.4 is 10.2 Å². The van der Waals surface area contributed by atoms with Crippen molar-refractivity contribution in [1.29, 1.82) is 5.26 Å². The van der Waals surface area contributed by atoms with Gasteiger partial charge in [-0.1, -0.05) is 24.3 Å². The molecule has 1 heterocycles. The van der Waals surface area contributed by atoms with Gasteiger partial charge in [-0.25, -0.2) is 13.8 Å². The highest BCUT2D eigenvalue weighted by atomic mass is 32.9. The van der Waals surface area contributed by atoms with E-state index in [-0.39, 0.29) is 17.8 Å². The molecule has 1 aliphatic rings. The fraction of sp³-hybridized carbons (Fsp3) is 0.190. The molecule has 1 N–H and O–H groups in total. The van der Waals surface area contributed by atoms with Gasteiger partial charge in [-0.15, -0.1) is 0 Å². The third-order valence-corrected chi connectivity index (χ3v) is 7.12. The van der Waals surface area contributed by atoms with E-state index >= 15 is 0 Å². The second-order valence-electron chi connectivity index (χ2n) is 6.65. The van der Waals surface area contributed by atoms with Gasteiger partial charge in [0.2, 0.25) is 9.26 Å². The summed E-state index contributed by atoms with van der Waals surface area (Å²) < 4.78 is 47.6. The summed E-state index contributed by atoms with van der Waals surface area (Å²) in [5, 5.41) is 13.0. The highest BCUT2D eigenvalue weighted by Crippen LogP contribution is 2.21. The van der Waals surface area contributed by atoms with Crippen molar-refractivity contribution in [2.75, 3.05) is 18.0 Å². The van der Waals surface area contributed by atoms with E-state index in [0.29, 0.717) is 18.7 Å². The Morgan fingerprint density at radius 2 is 1.84 bits per heavy atom. The number of carbonyl (C=O) groups is 1. The quantitative estimate of drug-likeness (QED) is 0.631. The molecule has 0 aliphatic carbocycles. The van der Waals surface area contributed by atoms with Crippen LogP contribution in [-0.2, 0) is 30.1 Å². The Labute approximate surface area is 186 Å². The summed E-state index contributed by atoms with van der Waals surface area (Å²) in [4.78, 5) is 18.0. The number of halogens is 2. The van der Waals surface area contributed by atoms with Crippen molar-refractivity contribution in [3.63, 3.8) is 0 Å². The molecule has 0 radical (unpaired) electrons. The molecule has 1 aliphatic heterocycles. The van der Waals surface area contributed by atoms with Crippen molar-refractivity contribution in [1.82, 2.24) is 5.32 Å². The molecule has 32 heavy (non-hydrogen) atoms. The number of rotatable bonds is 8. The number of nitriles is 1. The van der Waals surface area contributed by atoms with E-state index < -0.39 is 31.1 Å². The normalized spacial score (nSPS) is 14.7. The van der Waals surface area contributed by atoms with Crippen LogP contribution in [0.2, 0.25) is 0 Å². The van der Waals surface area contributed by atoms with Gasteiger partial charge in [0.1, 0.15) is 5.70 Å². The van der Waals surface area contributed by atoms with Crippen LogP contribution in [-0.4, -0.2) is 33.0 Å². The van der Waals surface area contributed by atoms with E-state index in [4.69, 9.17) is 5.26 Å². The summed E-state index contributed by atoms with van der Waals surface area (Å²) in [5.41, 5.74) is 3.29. The first-order chi connectivity index (χ1) is 15.4. The first kappa shape index (κ1) is 23.3. The number of hydrogen-bond donors (Lipinski definition) is 1. The van der Waals surface area contributed by atoms with Crippen LogP contribution in [0, 0.1) is 11.3 Å². The molecule has 166 valence electrons. The summed E-state index contributed by atoms with van der Waals surface area (Å²) in [6, 6.07) is 14.9. The Morgan fingerprint density at radius 3 is 2.41 bits per heavy atom. The van der Waals surface area contributed by atoms with Gasteiger partial charge in [-0.2, -0.15) is 13.7 Å². The molecule has 0 saturated carbocycles. The molecular formula is C21H18F2N4O3S2. The lowest BCUT2D eigenvalue weighted by Crippen LogP contribution is -2.35. The Bertz CT molecular complexity index is 1230. The lowest BCUT2D eigenvalue weighted by Gasteiger charge is -2.25. The van der Waals surface area contributed by atoms with Gasteiger partial charge in [0, 0.05) is 45.7 Å². The molecule has 2 aromatic carbocycles. The SMILES string of the molecule is N#Cc1ccc(N(CCNC(=O)C2=CS(=S(=O)=O)C=N2)Cc2ccc(C(F)F)cc2)cc1. The number of alkyl halides is 2. The Morgan fingerprint density at radius 1 is 1.16 bits per heavy atom. The van der Waals surface area contributed by atoms with Crippen LogP contribution in [0.3, 0.4) is 0 Å². The molecule has 0 spiro atoms. The number of hydrogen-bond acceptors (Lipinski definition) is 6. The molecule has 0 bridgehead atoms. The van der Waals surface area contributed by atoms with Crippen LogP contribution in [0.1, 0.15) is 23.1 Å². The molecule has 11 heteroatoms. The highest BCUT2D eigenvalue weighted by molar-refractivity contribution is 8.42.